The van der Waals surface area contributed by atoms with Gasteiger partial charge in [-0.1, -0.05) is 0 Å². The summed E-state index contributed by atoms with van der Waals surface area (Å²) in [6, 6.07) is 1.82. The zero-order valence-electron chi connectivity index (χ0n) is 10.8. The van der Waals surface area contributed by atoms with Crippen LogP contribution in [0.4, 0.5) is 0 Å². The molecule has 19 heavy (non-hydrogen) atoms. The predicted octanol–water partition coefficient (Wildman–Crippen LogP) is 2.45. The molecule has 0 bridgehead atoms. The smallest absolute Gasteiger partial charge is 0.197 e. The van der Waals surface area contributed by atoms with Crippen LogP contribution in [0.1, 0.15) is 12.8 Å². The molecule has 1 aliphatic rings. The number of aliphatic hydroxyl groups excluding tert-OH is 1. The molecule has 0 amide bonds. The van der Waals surface area contributed by atoms with E-state index in [-0.39, 0.29) is 13.4 Å². The fourth-order valence-electron chi connectivity index (χ4n) is 1.55. The van der Waals surface area contributed by atoms with Crippen molar-refractivity contribution >= 4 is 27.7 Å². The number of aliphatic hydroxyl groups is 1. The normalized spacial score (nSPS) is 16.2. The van der Waals surface area contributed by atoms with Crippen molar-refractivity contribution in [1.29, 1.82) is 0 Å². The molecule has 1 heterocycles. The molecular formula is C12H16BrNO4S. The second kappa shape index (κ2) is 6.30. The van der Waals surface area contributed by atoms with Gasteiger partial charge in [0, 0.05) is 13.2 Å². The van der Waals surface area contributed by atoms with Crippen LogP contribution in [-0.2, 0) is 4.74 Å². The van der Waals surface area contributed by atoms with E-state index < -0.39 is 5.60 Å². The highest BCUT2D eigenvalue weighted by atomic mass is 79.9. The van der Waals surface area contributed by atoms with Crippen LogP contribution in [-0.4, -0.2) is 42.5 Å². The molecule has 0 unspecified atom stereocenters. The van der Waals surface area contributed by atoms with Gasteiger partial charge in [-0.15, -0.1) is 11.8 Å². The monoisotopic (exact) mass is 349 g/mol. The lowest BCUT2D eigenvalue weighted by molar-refractivity contribution is 0.0414. The molecule has 106 valence electrons. The summed E-state index contributed by atoms with van der Waals surface area (Å²) in [7, 11) is 1.55. The number of methoxy groups -OCH3 is 1. The third-order valence-electron chi connectivity index (χ3n) is 2.83. The lowest BCUT2D eigenvalue weighted by Crippen LogP contribution is -2.23. The quantitative estimate of drug-likeness (QED) is 0.463. The molecule has 1 N–H and O–H groups in total. The van der Waals surface area contributed by atoms with Gasteiger partial charge in [-0.3, -0.25) is 0 Å². The predicted molar refractivity (Wildman–Crippen MR) is 75.9 cm³/mol. The van der Waals surface area contributed by atoms with E-state index in [1.807, 2.05) is 12.3 Å². The van der Waals surface area contributed by atoms with Crippen LogP contribution < -0.4 is 9.47 Å². The molecule has 5 nitrogen and oxygen atoms in total. The van der Waals surface area contributed by atoms with Crippen molar-refractivity contribution in [2.45, 2.75) is 23.5 Å². The van der Waals surface area contributed by atoms with E-state index in [1.54, 1.807) is 7.11 Å². The number of pyridine rings is 1. The van der Waals surface area contributed by atoms with Gasteiger partial charge < -0.3 is 19.3 Å². The van der Waals surface area contributed by atoms with Crippen molar-refractivity contribution in [1.82, 2.24) is 4.98 Å². The van der Waals surface area contributed by atoms with Crippen molar-refractivity contribution in [2.75, 3.05) is 26.8 Å². The summed E-state index contributed by atoms with van der Waals surface area (Å²) in [5.41, 5.74) is -0.457. The molecule has 0 spiro atoms. The zero-order valence-corrected chi connectivity index (χ0v) is 13.2. The SMILES string of the molecule is COCOc1c(OC2(CO)CC2)cc(SC)nc1Br. The molecule has 1 fully saturated rings. The van der Waals surface area contributed by atoms with Crippen molar-refractivity contribution in [3.63, 3.8) is 0 Å². The molecule has 0 radical (unpaired) electrons. The number of nitrogens with zero attached hydrogens (tertiary/aromatic N) is 1. The summed E-state index contributed by atoms with van der Waals surface area (Å²) in [6.45, 7) is 0.118. The van der Waals surface area contributed by atoms with Crippen molar-refractivity contribution in [3.8, 4) is 11.5 Å². The summed E-state index contributed by atoms with van der Waals surface area (Å²) in [4.78, 5) is 4.34. The Bertz CT molecular complexity index is 454. The maximum atomic E-state index is 9.36. The van der Waals surface area contributed by atoms with Crippen LogP contribution in [0.2, 0.25) is 0 Å². The van der Waals surface area contributed by atoms with E-state index in [9.17, 15) is 5.11 Å². The van der Waals surface area contributed by atoms with Crippen LogP contribution in [0, 0.1) is 0 Å². The van der Waals surface area contributed by atoms with Crippen LogP contribution in [0.25, 0.3) is 0 Å². The molecule has 1 aromatic rings. The highest BCUT2D eigenvalue weighted by Gasteiger charge is 2.45. The number of halogens is 1. The largest absolute Gasteiger partial charge is 0.481 e. The van der Waals surface area contributed by atoms with E-state index in [4.69, 9.17) is 14.2 Å². The first-order valence-corrected chi connectivity index (χ1v) is 7.82. The highest BCUT2D eigenvalue weighted by molar-refractivity contribution is 9.10. The summed E-state index contributed by atoms with van der Waals surface area (Å²) in [6.07, 6.45) is 3.64. The van der Waals surface area contributed by atoms with Crippen LogP contribution in [0.15, 0.2) is 15.7 Å². The third-order valence-corrected chi connectivity index (χ3v) is 3.99. The minimum absolute atomic E-state index is 0.00522. The first-order valence-electron chi connectivity index (χ1n) is 5.80. The molecule has 1 aliphatic carbocycles. The molecule has 0 atom stereocenters. The molecule has 1 aromatic heterocycles. The van der Waals surface area contributed by atoms with Crippen LogP contribution >= 0.6 is 27.7 Å². The Morgan fingerprint density at radius 1 is 1.53 bits per heavy atom. The number of hydrogen-bond acceptors (Lipinski definition) is 6. The minimum atomic E-state index is -0.457. The number of ether oxygens (including phenoxy) is 3. The number of thioether (sulfide) groups is 1. The minimum Gasteiger partial charge on any atom is -0.481 e. The van der Waals surface area contributed by atoms with Gasteiger partial charge in [0.2, 0.25) is 0 Å². The Hall–Kier alpha value is -0.500. The second-order valence-corrected chi connectivity index (χ2v) is 5.85. The average molecular weight is 350 g/mol. The first kappa shape index (κ1) is 14.9. The van der Waals surface area contributed by atoms with Crippen LogP contribution in [0.5, 0.6) is 11.5 Å². The molecule has 2 rings (SSSR count). The Labute approximate surface area is 124 Å². The Morgan fingerprint density at radius 2 is 2.26 bits per heavy atom. The third kappa shape index (κ3) is 3.53. The van der Waals surface area contributed by atoms with Gasteiger partial charge in [0.15, 0.2) is 22.9 Å². The van der Waals surface area contributed by atoms with Gasteiger partial charge >= 0.3 is 0 Å². The number of rotatable bonds is 7. The fourth-order valence-corrected chi connectivity index (χ4v) is 2.58. The van der Waals surface area contributed by atoms with E-state index in [2.05, 4.69) is 20.9 Å². The lowest BCUT2D eigenvalue weighted by Gasteiger charge is -2.19. The fraction of sp³-hybridized carbons (Fsp3) is 0.583. The maximum Gasteiger partial charge on any atom is 0.197 e. The van der Waals surface area contributed by atoms with Crippen LogP contribution in [0.3, 0.4) is 0 Å². The Kier molecular flexibility index (Phi) is 4.94. The topological polar surface area (TPSA) is 60.8 Å². The molecule has 0 aliphatic heterocycles. The van der Waals surface area contributed by atoms with E-state index >= 15 is 0 Å². The second-order valence-electron chi connectivity index (χ2n) is 4.28. The standard InChI is InChI=1S/C12H16BrNO4S/c1-16-7-17-10-8(18-12(6-15)3-4-12)5-9(19-2)14-11(10)13/h5,15H,3-4,6-7H2,1-2H3. The van der Waals surface area contributed by atoms with Gasteiger partial charge in [-0.2, -0.15) is 0 Å². The molecule has 0 saturated heterocycles. The maximum absolute atomic E-state index is 9.36. The van der Waals surface area contributed by atoms with E-state index in [0.717, 1.165) is 17.9 Å². The molecule has 0 aromatic carbocycles. The van der Waals surface area contributed by atoms with E-state index in [0.29, 0.717) is 16.1 Å². The highest BCUT2D eigenvalue weighted by Crippen LogP contribution is 2.45. The Balaban J connectivity index is 2.28. The summed E-state index contributed by atoms with van der Waals surface area (Å²) in [5.74, 6) is 1.08. The molecule has 7 heteroatoms. The molecule has 1 saturated carbocycles. The molecular weight excluding hydrogens is 334 g/mol. The zero-order chi connectivity index (χ0) is 13.9. The summed E-state index contributed by atoms with van der Waals surface area (Å²) < 4.78 is 16.9. The van der Waals surface area contributed by atoms with Gasteiger partial charge in [0.1, 0.15) is 10.6 Å². The van der Waals surface area contributed by atoms with Gasteiger partial charge in [0.25, 0.3) is 0 Å². The summed E-state index contributed by atoms with van der Waals surface area (Å²) >= 11 is 4.88. The first-order chi connectivity index (χ1) is 9.14. The lowest BCUT2D eigenvalue weighted by atomic mass is 10.3. The van der Waals surface area contributed by atoms with Gasteiger partial charge in [-0.05, 0) is 35.0 Å². The average Bonchev–Trinajstić information content (AvgIpc) is 3.18. The van der Waals surface area contributed by atoms with Gasteiger partial charge in [0.05, 0.1) is 6.61 Å². The summed E-state index contributed by atoms with van der Waals surface area (Å²) in [5, 5.41) is 10.2. The van der Waals surface area contributed by atoms with Crippen molar-refractivity contribution in [2.24, 2.45) is 0 Å². The van der Waals surface area contributed by atoms with Crippen molar-refractivity contribution < 1.29 is 19.3 Å². The van der Waals surface area contributed by atoms with E-state index in [1.165, 1.54) is 11.8 Å². The van der Waals surface area contributed by atoms with Gasteiger partial charge in [-0.25, -0.2) is 4.98 Å². The van der Waals surface area contributed by atoms with Crippen molar-refractivity contribution in [3.05, 3.63) is 10.7 Å². The Morgan fingerprint density at radius 3 is 2.79 bits per heavy atom. The number of aromatic nitrogens is 1. The number of hydrogen-bond donors (Lipinski definition) is 1.